The Morgan fingerprint density at radius 1 is 1.40 bits per heavy atom. The van der Waals surface area contributed by atoms with Gasteiger partial charge in [0, 0.05) is 19.1 Å². The maximum Gasteiger partial charge on any atom is 0.0577 e. The summed E-state index contributed by atoms with van der Waals surface area (Å²) in [6.07, 6.45) is 6.34. The third-order valence-corrected chi connectivity index (χ3v) is 3.23. The van der Waals surface area contributed by atoms with E-state index in [-0.39, 0.29) is 5.54 Å². The number of nitrogens with zero attached hydrogens (tertiary/aromatic N) is 2. The maximum absolute atomic E-state index is 4.26. The molecule has 15 heavy (non-hydrogen) atoms. The van der Waals surface area contributed by atoms with Gasteiger partial charge in [-0.25, -0.2) is 0 Å². The molecule has 2 heterocycles. The molecule has 1 saturated heterocycles. The lowest BCUT2D eigenvalue weighted by molar-refractivity contribution is 0.517. The Balaban J connectivity index is 2.29. The molecular formula is C12H19N3. The van der Waals surface area contributed by atoms with Gasteiger partial charge in [0.15, 0.2) is 0 Å². The summed E-state index contributed by atoms with van der Waals surface area (Å²) in [6.45, 7) is 5.74. The smallest absolute Gasteiger partial charge is 0.0577 e. The number of pyridine rings is 1. The molecule has 3 heteroatoms. The molecule has 3 nitrogen and oxygen atoms in total. The van der Waals surface area contributed by atoms with E-state index in [2.05, 4.69) is 35.1 Å². The Labute approximate surface area is 91.5 Å². The molecule has 0 atom stereocenters. The zero-order chi connectivity index (χ0) is 10.9. The van der Waals surface area contributed by atoms with Gasteiger partial charge in [-0.05, 0) is 32.8 Å². The fraction of sp³-hybridized carbons (Fsp3) is 0.583. The van der Waals surface area contributed by atoms with Crippen LogP contribution in [0.25, 0.3) is 0 Å². The first-order valence-corrected chi connectivity index (χ1v) is 5.54. The lowest BCUT2D eigenvalue weighted by atomic mass is 10.0. The molecule has 0 spiro atoms. The SMILES string of the molecule is CNc1cncc(N2CCCC2(C)C)c1. The van der Waals surface area contributed by atoms with E-state index in [1.165, 1.54) is 18.5 Å². The number of hydrogen-bond donors (Lipinski definition) is 1. The standard InChI is InChI=1S/C12H19N3/c1-12(2)5-4-6-15(12)11-7-10(13-3)8-14-9-11/h7-9,13H,4-6H2,1-3H3. The summed E-state index contributed by atoms with van der Waals surface area (Å²) in [7, 11) is 1.93. The minimum absolute atomic E-state index is 0.272. The first kappa shape index (κ1) is 10.3. The first-order chi connectivity index (χ1) is 7.13. The van der Waals surface area contributed by atoms with Gasteiger partial charge >= 0.3 is 0 Å². The Bertz CT molecular complexity index is 346. The minimum Gasteiger partial charge on any atom is -0.387 e. The van der Waals surface area contributed by atoms with Gasteiger partial charge in [-0.3, -0.25) is 4.98 Å². The maximum atomic E-state index is 4.26. The highest BCUT2D eigenvalue weighted by Crippen LogP contribution is 2.33. The molecule has 1 aliphatic heterocycles. The van der Waals surface area contributed by atoms with E-state index in [1.54, 1.807) is 0 Å². The van der Waals surface area contributed by atoms with Crippen molar-refractivity contribution in [2.75, 3.05) is 23.8 Å². The number of hydrogen-bond acceptors (Lipinski definition) is 3. The molecule has 1 fully saturated rings. The van der Waals surface area contributed by atoms with Crippen LogP contribution in [0.4, 0.5) is 11.4 Å². The molecule has 1 N–H and O–H groups in total. The molecule has 0 amide bonds. The van der Waals surface area contributed by atoms with Crippen molar-refractivity contribution in [1.29, 1.82) is 0 Å². The molecule has 0 saturated carbocycles. The van der Waals surface area contributed by atoms with Crippen LogP contribution < -0.4 is 10.2 Å². The molecule has 0 aromatic carbocycles. The zero-order valence-electron chi connectivity index (χ0n) is 9.75. The molecule has 0 aliphatic carbocycles. The van der Waals surface area contributed by atoms with Crippen molar-refractivity contribution in [2.45, 2.75) is 32.2 Å². The van der Waals surface area contributed by atoms with Crippen LogP contribution in [0.5, 0.6) is 0 Å². The van der Waals surface area contributed by atoms with E-state index < -0.39 is 0 Å². The van der Waals surface area contributed by atoms with Gasteiger partial charge in [-0.2, -0.15) is 0 Å². The van der Waals surface area contributed by atoms with Crippen molar-refractivity contribution >= 4 is 11.4 Å². The van der Waals surface area contributed by atoms with Crippen molar-refractivity contribution in [3.8, 4) is 0 Å². The quantitative estimate of drug-likeness (QED) is 0.804. The van der Waals surface area contributed by atoms with Gasteiger partial charge in [0.1, 0.15) is 0 Å². The van der Waals surface area contributed by atoms with Crippen molar-refractivity contribution in [3.63, 3.8) is 0 Å². The van der Waals surface area contributed by atoms with Gasteiger partial charge in [0.05, 0.1) is 23.8 Å². The molecule has 82 valence electrons. The van der Waals surface area contributed by atoms with Crippen LogP contribution in [-0.4, -0.2) is 24.1 Å². The normalized spacial score (nSPS) is 19.3. The number of anilines is 2. The molecule has 1 aliphatic rings. The minimum atomic E-state index is 0.272. The van der Waals surface area contributed by atoms with Crippen molar-refractivity contribution in [1.82, 2.24) is 4.98 Å². The van der Waals surface area contributed by atoms with Gasteiger partial charge in [-0.15, -0.1) is 0 Å². The van der Waals surface area contributed by atoms with E-state index in [4.69, 9.17) is 0 Å². The average Bonchev–Trinajstić information content (AvgIpc) is 2.58. The molecule has 1 aromatic rings. The molecule has 0 radical (unpaired) electrons. The second-order valence-corrected chi connectivity index (χ2v) is 4.75. The van der Waals surface area contributed by atoms with Gasteiger partial charge in [0.2, 0.25) is 0 Å². The number of nitrogens with one attached hydrogen (secondary N) is 1. The van der Waals surface area contributed by atoms with Crippen LogP contribution >= 0.6 is 0 Å². The van der Waals surface area contributed by atoms with E-state index in [9.17, 15) is 0 Å². The lowest BCUT2D eigenvalue weighted by Crippen LogP contribution is -2.38. The largest absolute Gasteiger partial charge is 0.387 e. The third kappa shape index (κ3) is 1.91. The lowest BCUT2D eigenvalue weighted by Gasteiger charge is -2.33. The Morgan fingerprint density at radius 3 is 2.80 bits per heavy atom. The monoisotopic (exact) mass is 205 g/mol. The van der Waals surface area contributed by atoms with Crippen LogP contribution in [0.3, 0.4) is 0 Å². The van der Waals surface area contributed by atoms with Crippen molar-refractivity contribution in [3.05, 3.63) is 18.5 Å². The summed E-state index contributed by atoms with van der Waals surface area (Å²) in [5.41, 5.74) is 2.58. The Hall–Kier alpha value is -1.25. The predicted molar refractivity (Wildman–Crippen MR) is 64.4 cm³/mol. The summed E-state index contributed by atoms with van der Waals surface area (Å²) in [5, 5.41) is 3.13. The molecule has 0 bridgehead atoms. The summed E-state index contributed by atoms with van der Waals surface area (Å²) >= 11 is 0. The van der Waals surface area contributed by atoms with Crippen LogP contribution in [0.15, 0.2) is 18.5 Å². The van der Waals surface area contributed by atoms with Crippen LogP contribution in [0.2, 0.25) is 0 Å². The average molecular weight is 205 g/mol. The highest BCUT2D eigenvalue weighted by atomic mass is 15.2. The summed E-state index contributed by atoms with van der Waals surface area (Å²) in [4.78, 5) is 6.71. The summed E-state index contributed by atoms with van der Waals surface area (Å²) < 4.78 is 0. The van der Waals surface area contributed by atoms with Crippen LogP contribution in [-0.2, 0) is 0 Å². The topological polar surface area (TPSA) is 28.2 Å². The fourth-order valence-corrected chi connectivity index (χ4v) is 2.30. The van der Waals surface area contributed by atoms with Gasteiger partial charge in [-0.1, -0.05) is 0 Å². The summed E-state index contributed by atoms with van der Waals surface area (Å²) in [6, 6.07) is 2.17. The van der Waals surface area contributed by atoms with Crippen LogP contribution in [0, 0.1) is 0 Å². The zero-order valence-corrected chi connectivity index (χ0v) is 9.75. The van der Waals surface area contributed by atoms with E-state index in [1.807, 2.05) is 19.4 Å². The van der Waals surface area contributed by atoms with Crippen molar-refractivity contribution < 1.29 is 0 Å². The highest BCUT2D eigenvalue weighted by Gasteiger charge is 2.32. The molecule has 1 aromatic heterocycles. The van der Waals surface area contributed by atoms with Gasteiger partial charge in [0.25, 0.3) is 0 Å². The predicted octanol–water partition coefficient (Wildman–Crippen LogP) is 2.50. The molecule has 0 unspecified atom stereocenters. The van der Waals surface area contributed by atoms with E-state index in [0.29, 0.717) is 0 Å². The van der Waals surface area contributed by atoms with Gasteiger partial charge < -0.3 is 10.2 Å². The third-order valence-electron chi connectivity index (χ3n) is 3.23. The second-order valence-electron chi connectivity index (χ2n) is 4.75. The summed E-state index contributed by atoms with van der Waals surface area (Å²) in [5.74, 6) is 0. The first-order valence-electron chi connectivity index (χ1n) is 5.54. The number of rotatable bonds is 2. The fourth-order valence-electron chi connectivity index (χ4n) is 2.30. The highest BCUT2D eigenvalue weighted by molar-refractivity contribution is 5.57. The second kappa shape index (κ2) is 3.72. The molecular weight excluding hydrogens is 186 g/mol. The number of aromatic nitrogens is 1. The van der Waals surface area contributed by atoms with E-state index >= 15 is 0 Å². The van der Waals surface area contributed by atoms with Crippen molar-refractivity contribution in [2.24, 2.45) is 0 Å². The Kier molecular flexibility index (Phi) is 2.55. The van der Waals surface area contributed by atoms with E-state index in [0.717, 1.165) is 12.2 Å². The molecule has 2 rings (SSSR count). The Morgan fingerprint density at radius 2 is 2.20 bits per heavy atom. The van der Waals surface area contributed by atoms with Crippen LogP contribution in [0.1, 0.15) is 26.7 Å².